The molecule has 0 aliphatic rings. The number of hydrogen-bond donors (Lipinski definition) is 2. The molecule has 116 valence electrons. The lowest BCUT2D eigenvalue weighted by molar-refractivity contribution is 0.0528. The van der Waals surface area contributed by atoms with Gasteiger partial charge in [-0.15, -0.1) is 0 Å². The van der Waals surface area contributed by atoms with Crippen LogP contribution in [0.15, 0.2) is 36.3 Å². The Labute approximate surface area is 126 Å². The van der Waals surface area contributed by atoms with Crippen LogP contribution in [0.25, 0.3) is 0 Å². The summed E-state index contributed by atoms with van der Waals surface area (Å²) in [4.78, 5) is 11.4. The number of carbonyl (C=O) groups excluding carboxylic acids is 1. The van der Waals surface area contributed by atoms with E-state index in [-0.39, 0.29) is 5.57 Å². The van der Waals surface area contributed by atoms with Gasteiger partial charge in [0.05, 0.1) is 18.9 Å². The molecular formula is C15H23N3O3. The van der Waals surface area contributed by atoms with Crippen molar-refractivity contribution in [1.82, 2.24) is 10.6 Å². The van der Waals surface area contributed by atoms with Crippen molar-refractivity contribution < 1.29 is 14.3 Å². The Morgan fingerprint density at radius 1 is 1.29 bits per heavy atom. The van der Waals surface area contributed by atoms with Crippen LogP contribution in [0.3, 0.4) is 0 Å². The first kappa shape index (κ1) is 18.6. The molecule has 1 amide bonds. The molecule has 0 aromatic rings. The van der Waals surface area contributed by atoms with E-state index in [1.54, 1.807) is 20.8 Å². The van der Waals surface area contributed by atoms with E-state index in [4.69, 9.17) is 14.7 Å². The molecular weight excluding hydrogens is 270 g/mol. The Morgan fingerprint density at radius 3 is 2.33 bits per heavy atom. The van der Waals surface area contributed by atoms with Crippen molar-refractivity contribution in [2.45, 2.75) is 26.4 Å². The average Bonchev–Trinajstić information content (AvgIpc) is 2.38. The summed E-state index contributed by atoms with van der Waals surface area (Å²) in [6, 6.07) is 1.90. The molecule has 6 heteroatoms. The first-order chi connectivity index (χ1) is 9.69. The number of carbonyl (C=O) groups is 1. The zero-order chi connectivity index (χ0) is 16.5. The molecule has 0 aliphatic carbocycles. The van der Waals surface area contributed by atoms with Gasteiger partial charge in [-0.25, -0.2) is 4.79 Å². The summed E-state index contributed by atoms with van der Waals surface area (Å²) in [5.41, 5.74) is 0.242. The van der Waals surface area contributed by atoms with Crippen LogP contribution in [0.2, 0.25) is 0 Å². The third kappa shape index (κ3) is 9.16. The molecule has 0 rings (SSSR count). The van der Waals surface area contributed by atoms with E-state index >= 15 is 0 Å². The highest BCUT2D eigenvalue weighted by atomic mass is 16.6. The van der Waals surface area contributed by atoms with Gasteiger partial charge in [0.1, 0.15) is 11.4 Å². The van der Waals surface area contributed by atoms with Gasteiger partial charge >= 0.3 is 6.09 Å². The zero-order valence-corrected chi connectivity index (χ0v) is 13.1. The minimum Gasteiger partial charge on any atom is -0.495 e. The predicted molar refractivity (Wildman–Crippen MR) is 81.2 cm³/mol. The molecule has 0 unspecified atom stereocenters. The van der Waals surface area contributed by atoms with E-state index < -0.39 is 11.7 Å². The molecule has 0 aliphatic heterocycles. The molecule has 0 saturated carbocycles. The van der Waals surface area contributed by atoms with E-state index in [0.717, 1.165) is 0 Å². The fourth-order valence-electron chi connectivity index (χ4n) is 1.24. The molecule has 2 N–H and O–H groups in total. The van der Waals surface area contributed by atoms with Gasteiger partial charge < -0.3 is 20.1 Å². The minimum atomic E-state index is -0.523. The Morgan fingerprint density at radius 2 is 1.86 bits per heavy atom. The van der Waals surface area contributed by atoms with Crippen molar-refractivity contribution in [1.29, 1.82) is 5.26 Å². The number of allylic oxidation sites excluding steroid dienone is 2. The van der Waals surface area contributed by atoms with Gasteiger partial charge in [-0.2, -0.15) is 5.26 Å². The largest absolute Gasteiger partial charge is 0.495 e. The number of nitrogens with zero attached hydrogens (tertiary/aromatic N) is 1. The molecule has 0 aromatic carbocycles. The van der Waals surface area contributed by atoms with Crippen molar-refractivity contribution in [2.75, 3.05) is 20.2 Å². The lowest BCUT2D eigenvalue weighted by Gasteiger charge is -2.20. The Bertz CT molecular complexity index is 468. The topological polar surface area (TPSA) is 83.4 Å². The number of rotatable bonds is 7. The fraction of sp³-hybridized carbons (Fsp3) is 0.467. The number of nitrogens with one attached hydrogen (secondary N) is 2. The number of nitriles is 1. The van der Waals surface area contributed by atoms with E-state index in [9.17, 15) is 4.79 Å². The summed E-state index contributed by atoms with van der Waals surface area (Å²) in [6.45, 7) is 13.5. The van der Waals surface area contributed by atoms with Gasteiger partial charge in [-0.1, -0.05) is 13.2 Å². The first-order valence-corrected chi connectivity index (χ1v) is 6.44. The molecule has 0 fully saturated rings. The molecule has 0 heterocycles. The summed E-state index contributed by atoms with van der Waals surface area (Å²) in [5.74, 6) is 0.416. The molecule has 0 atom stereocenters. The number of hydrogen-bond acceptors (Lipinski definition) is 5. The monoisotopic (exact) mass is 293 g/mol. The van der Waals surface area contributed by atoms with E-state index in [2.05, 4.69) is 23.8 Å². The quantitative estimate of drug-likeness (QED) is 0.325. The third-order valence-electron chi connectivity index (χ3n) is 2.10. The van der Waals surface area contributed by atoms with Crippen molar-refractivity contribution >= 4 is 6.09 Å². The van der Waals surface area contributed by atoms with Gasteiger partial charge in [0.2, 0.25) is 0 Å². The first-order valence-electron chi connectivity index (χ1n) is 6.44. The molecule has 21 heavy (non-hydrogen) atoms. The second kappa shape index (κ2) is 8.69. The molecule has 6 nitrogen and oxygen atoms in total. The molecule has 0 bridgehead atoms. The normalized spacial score (nSPS) is 11.1. The highest BCUT2D eigenvalue weighted by Gasteiger charge is 2.15. The highest BCUT2D eigenvalue weighted by Crippen LogP contribution is 2.08. The van der Waals surface area contributed by atoms with Crippen LogP contribution in [-0.2, 0) is 9.47 Å². The van der Waals surface area contributed by atoms with Crippen molar-refractivity contribution in [3.63, 3.8) is 0 Å². The van der Waals surface area contributed by atoms with Crippen molar-refractivity contribution in [3.8, 4) is 6.07 Å². The number of ether oxygens (including phenoxy) is 2. The van der Waals surface area contributed by atoms with Gasteiger partial charge in [0.25, 0.3) is 0 Å². The van der Waals surface area contributed by atoms with Crippen LogP contribution in [0.5, 0.6) is 0 Å². The lowest BCUT2D eigenvalue weighted by atomic mass is 10.2. The van der Waals surface area contributed by atoms with E-state index in [1.807, 2.05) is 6.07 Å². The molecule has 0 radical (unpaired) electrons. The predicted octanol–water partition coefficient (Wildman–Crippen LogP) is 2.22. The lowest BCUT2D eigenvalue weighted by Crippen LogP contribution is -2.36. The van der Waals surface area contributed by atoms with Crippen LogP contribution in [0.4, 0.5) is 4.79 Å². The molecule has 0 aromatic heterocycles. The van der Waals surface area contributed by atoms with Crippen LogP contribution in [0.1, 0.15) is 20.8 Å². The number of amides is 1. The van der Waals surface area contributed by atoms with Gasteiger partial charge in [-0.05, 0) is 26.8 Å². The Balaban J connectivity index is 4.15. The van der Waals surface area contributed by atoms with Crippen LogP contribution >= 0.6 is 0 Å². The maximum atomic E-state index is 11.4. The number of alkyl carbamates (subject to hydrolysis) is 1. The highest BCUT2D eigenvalue weighted by molar-refractivity contribution is 5.67. The molecule has 0 spiro atoms. The van der Waals surface area contributed by atoms with Gasteiger partial charge in [-0.3, -0.25) is 0 Å². The van der Waals surface area contributed by atoms with E-state index in [0.29, 0.717) is 24.5 Å². The second-order valence-corrected chi connectivity index (χ2v) is 5.18. The van der Waals surface area contributed by atoms with E-state index in [1.165, 1.54) is 13.2 Å². The van der Waals surface area contributed by atoms with Gasteiger partial charge in [0, 0.05) is 18.7 Å². The summed E-state index contributed by atoms with van der Waals surface area (Å²) >= 11 is 0. The Hall–Kier alpha value is -2.42. The summed E-state index contributed by atoms with van der Waals surface area (Å²) in [6.07, 6.45) is 1.01. The fourth-order valence-corrected chi connectivity index (χ4v) is 1.24. The zero-order valence-electron chi connectivity index (χ0n) is 13.1. The summed E-state index contributed by atoms with van der Waals surface area (Å²) in [7, 11) is 1.47. The second-order valence-electron chi connectivity index (χ2n) is 5.18. The number of methoxy groups -OCH3 is 1. The van der Waals surface area contributed by atoms with Gasteiger partial charge in [0.15, 0.2) is 0 Å². The smallest absolute Gasteiger partial charge is 0.407 e. The maximum Gasteiger partial charge on any atom is 0.407 e. The van der Waals surface area contributed by atoms with Crippen LogP contribution in [-0.4, -0.2) is 31.9 Å². The standard InChI is InChI=1S/C15H23N3O3/c1-11(10-16)9-13(20-6)12(2)17-7-8-18-14(19)21-15(3,4)5/h9,17H,1-2,7-8H2,3-6H3,(H,18,19)/b13-9+. The summed E-state index contributed by atoms with van der Waals surface area (Å²) < 4.78 is 10.2. The van der Waals surface area contributed by atoms with Crippen molar-refractivity contribution in [3.05, 3.63) is 36.3 Å². The average molecular weight is 293 g/mol. The summed E-state index contributed by atoms with van der Waals surface area (Å²) in [5, 5.41) is 14.2. The van der Waals surface area contributed by atoms with Crippen LogP contribution < -0.4 is 10.6 Å². The molecule has 0 saturated heterocycles. The minimum absolute atomic E-state index is 0.265. The SMILES string of the molecule is C=C(C#N)/C=C(/OC)C(=C)NCCNC(=O)OC(C)(C)C. The third-order valence-corrected chi connectivity index (χ3v) is 2.10. The van der Waals surface area contributed by atoms with Crippen molar-refractivity contribution in [2.24, 2.45) is 0 Å². The Kier molecular flexibility index (Phi) is 7.69. The maximum absolute atomic E-state index is 11.4. The van der Waals surface area contributed by atoms with Crippen LogP contribution in [0, 0.1) is 11.3 Å².